The Morgan fingerprint density at radius 1 is 0.714 bits per heavy atom. The second-order valence-corrected chi connectivity index (χ2v) is 10.2. The highest BCUT2D eigenvalue weighted by Gasteiger charge is 2.41. The lowest BCUT2D eigenvalue weighted by atomic mass is 10.1. The lowest BCUT2D eigenvalue weighted by molar-refractivity contribution is 0.103. The Hall–Kier alpha value is -1.99. The van der Waals surface area contributed by atoms with Crippen molar-refractivity contribution in [2.45, 2.75) is 59.3 Å². The summed E-state index contributed by atoms with van der Waals surface area (Å²) in [6.45, 7) is 5.80. The minimum atomic E-state index is -3.73. The first-order chi connectivity index (χ1) is 13.4. The van der Waals surface area contributed by atoms with Crippen LogP contribution >= 0.6 is 7.14 Å². The SMILES string of the molecule is CCCCCCCCP(=O)(C(=O)c1ccccc1C)C(=O)c1ccccc1C. The van der Waals surface area contributed by atoms with Crippen molar-refractivity contribution in [3.63, 3.8) is 0 Å². The van der Waals surface area contributed by atoms with Gasteiger partial charge in [-0.1, -0.05) is 87.6 Å². The maximum atomic E-state index is 13.9. The molecule has 150 valence electrons. The van der Waals surface area contributed by atoms with Crippen LogP contribution in [-0.4, -0.2) is 17.2 Å². The van der Waals surface area contributed by atoms with Crippen LogP contribution in [0.25, 0.3) is 0 Å². The standard InChI is InChI=1S/C24H31O3P/c1-4-5-6-7-8-13-18-28(27,23(25)21-16-11-9-14-19(21)2)24(26)22-17-12-10-15-20(22)3/h9-12,14-17H,4-8,13,18H2,1-3H3. The summed E-state index contributed by atoms with van der Waals surface area (Å²) in [5, 5.41) is 0. The first kappa shape index (κ1) is 22.3. The minimum absolute atomic E-state index is 0.152. The van der Waals surface area contributed by atoms with Crippen molar-refractivity contribution in [2.24, 2.45) is 0 Å². The van der Waals surface area contributed by atoms with Gasteiger partial charge in [-0.05, 0) is 31.4 Å². The van der Waals surface area contributed by atoms with Gasteiger partial charge in [-0.3, -0.25) is 9.59 Å². The smallest absolute Gasteiger partial charge is 0.229 e. The highest BCUT2D eigenvalue weighted by Crippen LogP contribution is 2.53. The van der Waals surface area contributed by atoms with Crippen LogP contribution in [0, 0.1) is 13.8 Å². The molecule has 0 spiro atoms. The van der Waals surface area contributed by atoms with Crippen LogP contribution in [0.15, 0.2) is 48.5 Å². The van der Waals surface area contributed by atoms with Gasteiger partial charge in [-0.25, -0.2) is 0 Å². The Morgan fingerprint density at radius 3 is 1.61 bits per heavy atom. The minimum Gasteiger partial charge on any atom is -0.307 e. The summed E-state index contributed by atoms with van der Waals surface area (Å²) in [6.07, 6.45) is 6.21. The molecule has 0 aromatic heterocycles. The highest BCUT2D eigenvalue weighted by molar-refractivity contribution is 7.95. The number of hydrogen-bond donors (Lipinski definition) is 0. The van der Waals surface area contributed by atoms with E-state index in [-0.39, 0.29) is 6.16 Å². The summed E-state index contributed by atoms with van der Waals surface area (Å²) in [4.78, 5) is 26.6. The van der Waals surface area contributed by atoms with Crippen molar-refractivity contribution in [3.8, 4) is 0 Å². The average molecular weight is 398 g/mol. The lowest BCUT2D eigenvalue weighted by Gasteiger charge is -2.18. The Kier molecular flexibility index (Phi) is 8.38. The predicted molar refractivity (Wildman–Crippen MR) is 117 cm³/mol. The molecular formula is C24H31O3P. The van der Waals surface area contributed by atoms with Crippen LogP contribution in [0.5, 0.6) is 0 Å². The first-order valence-corrected chi connectivity index (χ1v) is 12.1. The molecule has 3 nitrogen and oxygen atoms in total. The Balaban J connectivity index is 2.31. The highest BCUT2D eigenvalue weighted by atomic mass is 31.2. The van der Waals surface area contributed by atoms with E-state index in [2.05, 4.69) is 6.92 Å². The molecule has 28 heavy (non-hydrogen) atoms. The number of carbonyl (C=O) groups excluding carboxylic acids is 2. The monoisotopic (exact) mass is 398 g/mol. The fourth-order valence-corrected chi connectivity index (χ4v) is 5.96. The molecule has 0 aliphatic heterocycles. The van der Waals surface area contributed by atoms with Gasteiger partial charge in [-0.2, -0.15) is 0 Å². The van der Waals surface area contributed by atoms with Crippen molar-refractivity contribution >= 4 is 18.2 Å². The van der Waals surface area contributed by atoms with E-state index < -0.39 is 18.2 Å². The van der Waals surface area contributed by atoms with Crippen molar-refractivity contribution in [1.29, 1.82) is 0 Å². The predicted octanol–water partition coefficient (Wildman–Crippen LogP) is 7.01. The molecule has 0 unspecified atom stereocenters. The maximum Gasteiger partial charge on any atom is 0.229 e. The van der Waals surface area contributed by atoms with Crippen LogP contribution in [0.3, 0.4) is 0 Å². The zero-order chi connectivity index (χ0) is 20.6. The van der Waals surface area contributed by atoms with Gasteiger partial charge >= 0.3 is 0 Å². The largest absolute Gasteiger partial charge is 0.307 e. The molecule has 0 heterocycles. The molecule has 0 N–H and O–H groups in total. The summed E-state index contributed by atoms with van der Waals surface area (Å²) < 4.78 is 13.9. The average Bonchev–Trinajstić information content (AvgIpc) is 2.70. The van der Waals surface area contributed by atoms with Gasteiger partial charge in [0.1, 0.15) is 0 Å². The molecule has 0 amide bonds. The van der Waals surface area contributed by atoms with Crippen LogP contribution in [-0.2, 0) is 4.57 Å². The fourth-order valence-electron chi connectivity index (χ4n) is 3.42. The van der Waals surface area contributed by atoms with Crippen molar-refractivity contribution < 1.29 is 14.2 Å². The lowest BCUT2D eigenvalue weighted by Crippen LogP contribution is -2.15. The first-order valence-electron chi connectivity index (χ1n) is 10.2. The van der Waals surface area contributed by atoms with Gasteiger partial charge in [0.25, 0.3) is 0 Å². The molecule has 0 fully saturated rings. The number of carbonyl (C=O) groups is 2. The number of rotatable bonds is 11. The molecule has 0 saturated carbocycles. The fraction of sp³-hybridized carbons (Fsp3) is 0.417. The van der Waals surface area contributed by atoms with E-state index in [4.69, 9.17) is 0 Å². The summed E-state index contributed by atoms with van der Waals surface area (Å²) in [5.41, 5.74) is 1.33. The molecule has 0 radical (unpaired) electrons. The normalized spacial score (nSPS) is 11.4. The van der Waals surface area contributed by atoms with Gasteiger partial charge < -0.3 is 4.57 Å². The third-order valence-electron chi connectivity index (χ3n) is 5.23. The maximum absolute atomic E-state index is 13.9. The zero-order valence-corrected chi connectivity index (χ0v) is 18.1. The third kappa shape index (κ3) is 5.29. The van der Waals surface area contributed by atoms with Gasteiger partial charge in [0, 0.05) is 17.3 Å². The molecule has 4 heteroatoms. The second kappa shape index (κ2) is 10.5. The summed E-state index contributed by atoms with van der Waals surface area (Å²) in [6, 6.07) is 14.2. The molecule has 0 aliphatic rings. The Bertz CT molecular complexity index is 808. The van der Waals surface area contributed by atoms with Crippen molar-refractivity contribution in [3.05, 3.63) is 70.8 Å². The zero-order valence-electron chi connectivity index (χ0n) is 17.2. The Morgan fingerprint density at radius 2 is 1.14 bits per heavy atom. The van der Waals surface area contributed by atoms with E-state index in [9.17, 15) is 14.2 Å². The van der Waals surface area contributed by atoms with E-state index in [0.717, 1.165) is 36.8 Å². The van der Waals surface area contributed by atoms with Gasteiger partial charge in [0.05, 0.1) is 0 Å². The van der Waals surface area contributed by atoms with Crippen LogP contribution in [0.4, 0.5) is 0 Å². The summed E-state index contributed by atoms with van der Waals surface area (Å²) in [5.74, 6) is 0. The van der Waals surface area contributed by atoms with E-state index in [1.54, 1.807) is 24.3 Å². The molecule has 2 aromatic rings. The second-order valence-electron chi connectivity index (χ2n) is 7.47. The van der Waals surface area contributed by atoms with E-state index in [1.165, 1.54) is 6.42 Å². The number of hydrogen-bond acceptors (Lipinski definition) is 3. The van der Waals surface area contributed by atoms with E-state index in [0.29, 0.717) is 17.5 Å². The van der Waals surface area contributed by atoms with Gasteiger partial charge in [0.15, 0.2) is 0 Å². The number of unbranched alkanes of at least 4 members (excludes halogenated alkanes) is 5. The van der Waals surface area contributed by atoms with Gasteiger partial charge in [0.2, 0.25) is 18.2 Å². The molecule has 0 saturated heterocycles. The molecule has 0 bridgehead atoms. The number of aryl methyl sites for hydroxylation is 2. The van der Waals surface area contributed by atoms with E-state index in [1.807, 2.05) is 38.1 Å². The third-order valence-corrected chi connectivity index (χ3v) is 7.97. The van der Waals surface area contributed by atoms with Gasteiger partial charge in [-0.15, -0.1) is 0 Å². The molecular weight excluding hydrogens is 367 g/mol. The molecule has 0 atom stereocenters. The topological polar surface area (TPSA) is 51.2 Å². The van der Waals surface area contributed by atoms with E-state index >= 15 is 0 Å². The molecule has 2 aromatic carbocycles. The molecule has 0 aliphatic carbocycles. The molecule has 2 rings (SSSR count). The van der Waals surface area contributed by atoms with Crippen LogP contribution < -0.4 is 0 Å². The summed E-state index contributed by atoms with van der Waals surface area (Å²) >= 11 is 0. The number of benzene rings is 2. The van der Waals surface area contributed by atoms with Crippen molar-refractivity contribution in [2.75, 3.05) is 6.16 Å². The van der Waals surface area contributed by atoms with Crippen LogP contribution in [0.1, 0.15) is 77.3 Å². The van der Waals surface area contributed by atoms with Crippen molar-refractivity contribution in [1.82, 2.24) is 0 Å². The Labute approximate surface area is 168 Å². The quantitative estimate of drug-likeness (QED) is 0.302. The van der Waals surface area contributed by atoms with Crippen LogP contribution in [0.2, 0.25) is 0 Å². The summed E-state index contributed by atoms with van der Waals surface area (Å²) in [7, 11) is -3.73.